The van der Waals surface area contributed by atoms with Gasteiger partial charge in [0, 0.05) is 22.3 Å². The Bertz CT molecular complexity index is 758. The van der Waals surface area contributed by atoms with Crippen molar-refractivity contribution in [3.63, 3.8) is 0 Å². The van der Waals surface area contributed by atoms with Crippen molar-refractivity contribution in [2.75, 3.05) is 25.5 Å². The number of carbonyl (C=O) groups is 1. The first-order valence-electron chi connectivity index (χ1n) is 7.30. The average molecular weight is 420 g/mol. The minimum atomic E-state index is -0.0823. The van der Waals surface area contributed by atoms with Gasteiger partial charge in [0.1, 0.15) is 5.75 Å². The van der Waals surface area contributed by atoms with Crippen LogP contribution in [-0.2, 0) is 0 Å². The smallest absolute Gasteiger partial charge is 0.322 e. The Hall–Kier alpha value is -2.02. The number of nitrogens with zero attached hydrogens (tertiary/aromatic N) is 1. The lowest BCUT2D eigenvalue weighted by molar-refractivity contribution is 0.225. The number of benzene rings is 2. The van der Waals surface area contributed by atoms with Gasteiger partial charge in [-0.3, -0.25) is 0 Å². The quantitative estimate of drug-likeness (QED) is 0.756. The topological polar surface area (TPSA) is 41.6 Å². The van der Waals surface area contributed by atoms with Crippen molar-refractivity contribution in [1.29, 1.82) is 0 Å². The Morgan fingerprint density at radius 2 is 2.04 bits per heavy atom. The molecule has 0 saturated heterocycles. The van der Waals surface area contributed by atoms with Crippen LogP contribution in [0.2, 0.25) is 0 Å². The zero-order valence-electron chi connectivity index (χ0n) is 12.8. The van der Waals surface area contributed by atoms with Gasteiger partial charge in [0.25, 0.3) is 0 Å². The molecule has 5 heteroatoms. The van der Waals surface area contributed by atoms with Gasteiger partial charge in [0.15, 0.2) is 0 Å². The van der Waals surface area contributed by atoms with Gasteiger partial charge in [-0.15, -0.1) is 0 Å². The molecule has 3 rings (SSSR count). The second kappa shape index (κ2) is 7.04. The maximum Gasteiger partial charge on any atom is 0.322 e. The summed E-state index contributed by atoms with van der Waals surface area (Å²) < 4.78 is 6.35. The number of halogens is 1. The minimum absolute atomic E-state index is 0.0823. The van der Waals surface area contributed by atoms with Crippen molar-refractivity contribution < 1.29 is 9.53 Å². The lowest BCUT2D eigenvalue weighted by Gasteiger charge is -2.17. The van der Waals surface area contributed by atoms with Crippen LogP contribution in [0.4, 0.5) is 10.5 Å². The molecule has 1 aliphatic rings. The number of anilines is 1. The van der Waals surface area contributed by atoms with E-state index < -0.39 is 0 Å². The zero-order chi connectivity index (χ0) is 16.2. The van der Waals surface area contributed by atoms with Crippen LogP contribution in [0.25, 0.3) is 5.57 Å². The van der Waals surface area contributed by atoms with Gasteiger partial charge < -0.3 is 15.0 Å². The molecule has 0 aliphatic carbocycles. The van der Waals surface area contributed by atoms with Crippen LogP contribution in [-0.4, -0.2) is 31.1 Å². The van der Waals surface area contributed by atoms with Crippen LogP contribution in [0.15, 0.2) is 54.6 Å². The van der Waals surface area contributed by atoms with Crippen molar-refractivity contribution in [2.24, 2.45) is 0 Å². The van der Waals surface area contributed by atoms with E-state index >= 15 is 0 Å². The van der Waals surface area contributed by atoms with Crippen LogP contribution in [0.5, 0.6) is 5.75 Å². The summed E-state index contributed by atoms with van der Waals surface area (Å²) in [7, 11) is 1.66. The number of methoxy groups -OCH3 is 1. The molecule has 2 aromatic carbocycles. The third-order valence-corrected chi connectivity index (χ3v) is 4.39. The fourth-order valence-electron chi connectivity index (χ4n) is 2.51. The SMILES string of the molecule is COc1cccc(C2=CCN(C(=O)Nc3cccc(I)c3)C2)c1. The highest BCUT2D eigenvalue weighted by Gasteiger charge is 2.20. The number of hydrogen-bond acceptors (Lipinski definition) is 2. The molecule has 0 atom stereocenters. The predicted molar refractivity (Wildman–Crippen MR) is 101 cm³/mol. The summed E-state index contributed by atoms with van der Waals surface area (Å²) in [5.74, 6) is 0.824. The molecule has 2 aromatic rings. The van der Waals surface area contributed by atoms with Crippen LogP contribution in [0, 0.1) is 3.57 Å². The predicted octanol–water partition coefficient (Wildman–Crippen LogP) is 4.23. The van der Waals surface area contributed by atoms with E-state index in [9.17, 15) is 4.79 Å². The summed E-state index contributed by atoms with van der Waals surface area (Å²) in [6.07, 6.45) is 2.09. The largest absolute Gasteiger partial charge is 0.497 e. The van der Waals surface area contributed by atoms with Gasteiger partial charge in [-0.05, 0) is 64.1 Å². The Labute approximate surface area is 149 Å². The maximum atomic E-state index is 12.4. The van der Waals surface area contributed by atoms with Crippen molar-refractivity contribution in [3.05, 3.63) is 63.7 Å². The number of amides is 2. The highest BCUT2D eigenvalue weighted by atomic mass is 127. The molecule has 0 radical (unpaired) electrons. The van der Waals surface area contributed by atoms with Gasteiger partial charge in [0.2, 0.25) is 0 Å². The molecule has 0 aromatic heterocycles. The van der Waals surface area contributed by atoms with E-state index in [4.69, 9.17) is 4.74 Å². The molecule has 0 fully saturated rings. The summed E-state index contributed by atoms with van der Waals surface area (Å²) in [6, 6.07) is 15.6. The Morgan fingerprint density at radius 3 is 2.83 bits per heavy atom. The monoisotopic (exact) mass is 420 g/mol. The van der Waals surface area contributed by atoms with Gasteiger partial charge >= 0.3 is 6.03 Å². The summed E-state index contributed by atoms with van der Waals surface area (Å²) in [5.41, 5.74) is 3.05. The average Bonchev–Trinajstić information content (AvgIpc) is 3.05. The number of urea groups is 1. The Kier molecular flexibility index (Phi) is 4.85. The molecule has 2 amide bonds. The molecular weight excluding hydrogens is 403 g/mol. The van der Waals surface area contributed by atoms with Crippen LogP contribution < -0.4 is 10.1 Å². The van der Waals surface area contributed by atoms with Crippen molar-refractivity contribution in [3.8, 4) is 5.75 Å². The van der Waals surface area contributed by atoms with E-state index in [0.29, 0.717) is 13.1 Å². The third-order valence-electron chi connectivity index (χ3n) is 3.72. The van der Waals surface area contributed by atoms with E-state index in [1.807, 2.05) is 48.5 Å². The van der Waals surface area contributed by atoms with E-state index in [0.717, 1.165) is 26.1 Å². The summed E-state index contributed by atoms with van der Waals surface area (Å²) in [4.78, 5) is 14.2. The summed E-state index contributed by atoms with van der Waals surface area (Å²) >= 11 is 2.23. The number of ether oxygens (including phenoxy) is 1. The normalized spacial score (nSPS) is 13.7. The fourth-order valence-corrected chi connectivity index (χ4v) is 3.05. The summed E-state index contributed by atoms with van der Waals surface area (Å²) in [6.45, 7) is 1.21. The van der Waals surface area contributed by atoms with Gasteiger partial charge in [0.05, 0.1) is 7.11 Å². The number of carbonyl (C=O) groups excluding carboxylic acids is 1. The van der Waals surface area contributed by atoms with Gasteiger partial charge in [-0.25, -0.2) is 4.79 Å². The second-order valence-electron chi connectivity index (χ2n) is 5.28. The van der Waals surface area contributed by atoms with Crippen LogP contribution in [0.3, 0.4) is 0 Å². The number of hydrogen-bond donors (Lipinski definition) is 1. The lowest BCUT2D eigenvalue weighted by Crippen LogP contribution is -2.33. The fraction of sp³-hybridized carbons (Fsp3) is 0.167. The highest BCUT2D eigenvalue weighted by Crippen LogP contribution is 2.25. The minimum Gasteiger partial charge on any atom is -0.497 e. The van der Waals surface area contributed by atoms with E-state index in [1.54, 1.807) is 12.0 Å². The summed E-state index contributed by atoms with van der Waals surface area (Å²) in [5, 5.41) is 2.94. The molecule has 118 valence electrons. The molecule has 0 saturated carbocycles. The van der Waals surface area contributed by atoms with E-state index in [-0.39, 0.29) is 6.03 Å². The van der Waals surface area contributed by atoms with Crippen molar-refractivity contribution in [1.82, 2.24) is 4.90 Å². The van der Waals surface area contributed by atoms with Gasteiger partial charge in [-0.1, -0.05) is 24.3 Å². The van der Waals surface area contributed by atoms with Gasteiger partial charge in [-0.2, -0.15) is 0 Å². The molecule has 0 unspecified atom stereocenters. The zero-order valence-corrected chi connectivity index (χ0v) is 14.9. The van der Waals surface area contributed by atoms with Crippen molar-refractivity contribution >= 4 is 39.9 Å². The number of nitrogens with one attached hydrogen (secondary N) is 1. The molecule has 1 heterocycles. The Balaban J connectivity index is 1.65. The third kappa shape index (κ3) is 3.85. The molecular formula is C18H17IN2O2. The first kappa shape index (κ1) is 15.9. The molecule has 1 aliphatic heterocycles. The van der Waals surface area contributed by atoms with E-state index in [2.05, 4.69) is 34.0 Å². The highest BCUT2D eigenvalue weighted by molar-refractivity contribution is 14.1. The molecule has 0 bridgehead atoms. The lowest BCUT2D eigenvalue weighted by atomic mass is 10.1. The molecule has 4 nitrogen and oxygen atoms in total. The maximum absolute atomic E-state index is 12.4. The number of rotatable bonds is 3. The van der Waals surface area contributed by atoms with Crippen LogP contribution >= 0.6 is 22.6 Å². The standard InChI is InChI=1S/C18H17IN2O2/c1-23-17-7-2-4-13(10-17)14-8-9-21(12-14)18(22)20-16-6-3-5-15(19)11-16/h2-8,10-11H,9,12H2,1H3,(H,20,22). The molecule has 1 N–H and O–H groups in total. The van der Waals surface area contributed by atoms with E-state index in [1.165, 1.54) is 0 Å². The Morgan fingerprint density at radius 1 is 1.22 bits per heavy atom. The molecule has 23 heavy (non-hydrogen) atoms. The first-order chi connectivity index (χ1) is 11.2. The first-order valence-corrected chi connectivity index (χ1v) is 8.38. The van der Waals surface area contributed by atoms with Crippen LogP contribution in [0.1, 0.15) is 5.56 Å². The second-order valence-corrected chi connectivity index (χ2v) is 6.53. The molecule has 0 spiro atoms. The van der Waals surface area contributed by atoms with Crippen molar-refractivity contribution in [2.45, 2.75) is 0 Å².